The molecule has 6 nitrogen and oxygen atoms in total. The maximum Gasteiger partial charge on any atom is 0.269 e. The Labute approximate surface area is 183 Å². The zero-order chi connectivity index (χ0) is 20.5. The van der Waals surface area contributed by atoms with E-state index in [0.717, 1.165) is 10.0 Å². The van der Waals surface area contributed by atoms with Gasteiger partial charge in [0.1, 0.15) is 5.39 Å². The molecule has 0 aliphatic rings. The number of hydrogen-bond donors (Lipinski definition) is 1. The number of aromatic nitrogens is 4. The van der Waals surface area contributed by atoms with Crippen molar-refractivity contribution in [2.24, 2.45) is 0 Å². The number of H-pyrrole nitrogens is 1. The number of Topliss-reactive ketones (excluding diaryl/α,β-unsaturated/α-hetero) is 1. The zero-order valence-electron chi connectivity index (χ0n) is 15.1. The van der Waals surface area contributed by atoms with Gasteiger partial charge >= 0.3 is 0 Å². The summed E-state index contributed by atoms with van der Waals surface area (Å²) < 4.78 is 2.39. The van der Waals surface area contributed by atoms with Gasteiger partial charge in [0, 0.05) is 15.1 Å². The molecule has 0 bridgehead atoms. The van der Waals surface area contributed by atoms with Crippen LogP contribution in [-0.4, -0.2) is 31.3 Å². The van der Waals surface area contributed by atoms with E-state index in [1.807, 2.05) is 19.1 Å². The van der Waals surface area contributed by atoms with Crippen LogP contribution in [0.25, 0.3) is 16.7 Å². The maximum atomic E-state index is 13.1. The van der Waals surface area contributed by atoms with Gasteiger partial charge in [0.2, 0.25) is 0 Å². The predicted molar refractivity (Wildman–Crippen MR) is 118 cm³/mol. The Balaban J connectivity index is 1.77. The number of ketones is 1. The maximum absolute atomic E-state index is 13.1. The third kappa shape index (κ3) is 3.88. The van der Waals surface area contributed by atoms with Crippen LogP contribution >= 0.6 is 39.3 Å². The lowest BCUT2D eigenvalue weighted by atomic mass is 10.2. The molecular weight excluding hydrogens is 476 g/mol. The summed E-state index contributed by atoms with van der Waals surface area (Å²) in [5, 5.41) is 7.95. The Morgan fingerprint density at radius 1 is 1.24 bits per heavy atom. The van der Waals surface area contributed by atoms with E-state index in [1.165, 1.54) is 22.5 Å². The smallest absolute Gasteiger partial charge is 0.269 e. The van der Waals surface area contributed by atoms with Crippen molar-refractivity contribution in [3.8, 4) is 5.69 Å². The first-order chi connectivity index (χ1) is 14.0. The molecule has 0 spiro atoms. The number of carbonyl (C=O) groups excluding carboxylic acids is 1. The molecule has 146 valence electrons. The Bertz CT molecular complexity index is 1280. The molecule has 2 aromatic carbocycles. The van der Waals surface area contributed by atoms with Gasteiger partial charge in [-0.2, -0.15) is 5.10 Å². The molecule has 0 radical (unpaired) electrons. The number of nitrogens with zero attached hydrogens (tertiary/aromatic N) is 3. The molecule has 2 heterocycles. The van der Waals surface area contributed by atoms with E-state index in [2.05, 4.69) is 31.1 Å². The lowest BCUT2D eigenvalue weighted by Crippen LogP contribution is -2.22. The molecular formula is C20H14BrClN4O2S. The third-order valence-electron chi connectivity index (χ3n) is 4.43. The van der Waals surface area contributed by atoms with E-state index < -0.39 is 0 Å². The van der Waals surface area contributed by atoms with Crippen molar-refractivity contribution >= 4 is 56.1 Å². The van der Waals surface area contributed by atoms with Crippen LogP contribution in [0.5, 0.6) is 0 Å². The van der Waals surface area contributed by atoms with Crippen LogP contribution in [0.1, 0.15) is 15.9 Å². The molecule has 2 aromatic heterocycles. The number of nitrogens with one attached hydrogen (secondary N) is 1. The summed E-state index contributed by atoms with van der Waals surface area (Å²) in [7, 11) is 0. The van der Waals surface area contributed by atoms with Crippen LogP contribution in [0.2, 0.25) is 5.02 Å². The second-order valence-electron chi connectivity index (χ2n) is 6.27. The quantitative estimate of drug-likeness (QED) is 0.247. The first-order valence-electron chi connectivity index (χ1n) is 8.59. The summed E-state index contributed by atoms with van der Waals surface area (Å²) in [6.07, 6.45) is 1.45. The van der Waals surface area contributed by atoms with E-state index in [9.17, 15) is 9.59 Å². The van der Waals surface area contributed by atoms with E-state index in [1.54, 1.807) is 30.3 Å². The van der Waals surface area contributed by atoms with Crippen molar-refractivity contribution in [1.82, 2.24) is 19.7 Å². The van der Waals surface area contributed by atoms with Crippen LogP contribution in [0, 0.1) is 6.92 Å². The van der Waals surface area contributed by atoms with Gasteiger partial charge in [-0.25, -0.2) is 4.98 Å². The molecule has 0 fully saturated rings. The van der Waals surface area contributed by atoms with E-state index in [-0.39, 0.29) is 17.1 Å². The molecule has 0 atom stereocenters. The van der Waals surface area contributed by atoms with Crippen molar-refractivity contribution in [3.05, 3.63) is 79.6 Å². The molecule has 0 amide bonds. The van der Waals surface area contributed by atoms with Crippen LogP contribution < -0.4 is 5.56 Å². The van der Waals surface area contributed by atoms with Crippen LogP contribution in [0.4, 0.5) is 0 Å². The highest BCUT2D eigenvalue weighted by Gasteiger charge is 2.18. The summed E-state index contributed by atoms with van der Waals surface area (Å²) >= 11 is 10.8. The first-order valence-corrected chi connectivity index (χ1v) is 10.7. The van der Waals surface area contributed by atoms with Gasteiger partial charge in [0.25, 0.3) is 5.56 Å². The van der Waals surface area contributed by atoms with Crippen molar-refractivity contribution < 1.29 is 4.79 Å². The van der Waals surface area contributed by atoms with Gasteiger partial charge < -0.3 is 0 Å². The number of thioether (sulfide) groups is 1. The highest BCUT2D eigenvalue weighted by atomic mass is 79.9. The number of halogens is 2. The molecule has 1 N–H and O–H groups in total. The fraction of sp³-hybridized carbons (Fsp3) is 0.100. The van der Waals surface area contributed by atoms with Crippen molar-refractivity contribution in [2.75, 3.05) is 5.75 Å². The van der Waals surface area contributed by atoms with E-state index in [4.69, 9.17) is 11.6 Å². The fourth-order valence-corrected chi connectivity index (χ4v) is 4.20. The number of hydrogen-bond acceptors (Lipinski definition) is 5. The van der Waals surface area contributed by atoms with E-state index >= 15 is 0 Å². The summed E-state index contributed by atoms with van der Waals surface area (Å²) in [4.78, 5) is 30.3. The van der Waals surface area contributed by atoms with Gasteiger partial charge in [0.15, 0.2) is 16.6 Å². The summed E-state index contributed by atoms with van der Waals surface area (Å²) in [5.41, 5.74) is 2.08. The molecule has 0 unspecified atom stereocenters. The van der Waals surface area contributed by atoms with Crippen LogP contribution in [0.15, 0.2) is 63.1 Å². The SMILES string of the molecule is Cc1c(Cl)cccc1-n1c(SCC(=O)c2ccc(Br)cc2)nc2[nH]ncc2c1=O. The minimum Gasteiger partial charge on any atom is -0.293 e. The van der Waals surface area contributed by atoms with Crippen molar-refractivity contribution in [1.29, 1.82) is 0 Å². The molecule has 0 saturated heterocycles. The summed E-state index contributed by atoms with van der Waals surface area (Å²) in [6, 6.07) is 12.5. The molecule has 0 aliphatic heterocycles. The number of fused-ring (bicyclic) bond motifs is 1. The van der Waals surface area contributed by atoms with Crippen molar-refractivity contribution in [3.63, 3.8) is 0 Å². The van der Waals surface area contributed by atoms with Crippen molar-refractivity contribution in [2.45, 2.75) is 12.1 Å². The molecule has 4 rings (SSSR count). The lowest BCUT2D eigenvalue weighted by molar-refractivity contribution is 0.102. The zero-order valence-corrected chi connectivity index (χ0v) is 18.3. The second-order valence-corrected chi connectivity index (χ2v) is 8.54. The highest BCUT2D eigenvalue weighted by Crippen LogP contribution is 2.26. The van der Waals surface area contributed by atoms with Gasteiger partial charge in [-0.1, -0.05) is 57.5 Å². The Hall–Kier alpha value is -2.42. The van der Waals surface area contributed by atoms with Gasteiger partial charge in [-0.3, -0.25) is 19.3 Å². The van der Waals surface area contributed by atoms with Crippen LogP contribution in [0.3, 0.4) is 0 Å². The minimum absolute atomic E-state index is 0.0594. The predicted octanol–water partition coefficient (Wildman–Crippen LogP) is 4.81. The van der Waals surface area contributed by atoms with Gasteiger partial charge in [-0.05, 0) is 36.8 Å². The summed E-state index contributed by atoms with van der Waals surface area (Å²) in [6.45, 7) is 1.84. The number of rotatable bonds is 5. The summed E-state index contributed by atoms with van der Waals surface area (Å²) in [5.74, 6) is 0.0728. The molecule has 0 saturated carbocycles. The minimum atomic E-state index is -0.271. The average Bonchev–Trinajstić information content (AvgIpc) is 3.18. The Kier molecular flexibility index (Phi) is 5.58. The number of aromatic amines is 1. The molecule has 4 aromatic rings. The van der Waals surface area contributed by atoms with Crippen LogP contribution in [-0.2, 0) is 0 Å². The first kappa shape index (κ1) is 19.9. The lowest BCUT2D eigenvalue weighted by Gasteiger charge is -2.14. The Morgan fingerprint density at radius 3 is 2.76 bits per heavy atom. The normalized spacial score (nSPS) is 11.1. The molecule has 0 aliphatic carbocycles. The van der Waals surface area contributed by atoms with E-state index in [0.29, 0.717) is 32.5 Å². The second kappa shape index (κ2) is 8.14. The Morgan fingerprint density at radius 2 is 2.00 bits per heavy atom. The number of benzene rings is 2. The fourth-order valence-electron chi connectivity index (χ4n) is 2.87. The average molecular weight is 490 g/mol. The molecule has 29 heavy (non-hydrogen) atoms. The van der Waals surface area contributed by atoms with Gasteiger partial charge in [-0.15, -0.1) is 0 Å². The largest absolute Gasteiger partial charge is 0.293 e. The number of carbonyl (C=O) groups is 1. The highest BCUT2D eigenvalue weighted by molar-refractivity contribution is 9.10. The molecule has 9 heteroatoms. The standard InChI is InChI=1S/C20H14BrClN4O2S/c1-11-15(22)3-2-4-16(11)26-19(28)14-9-23-25-18(14)24-20(26)29-10-17(27)12-5-7-13(21)8-6-12/h2-9H,10H2,1H3,(H,23,25). The van der Waals surface area contributed by atoms with Gasteiger partial charge in [0.05, 0.1) is 17.6 Å². The topological polar surface area (TPSA) is 80.6 Å². The monoisotopic (exact) mass is 488 g/mol. The third-order valence-corrected chi connectivity index (χ3v) is 6.31.